The molecule has 1 aliphatic rings. The molecule has 1 aliphatic heterocycles. The monoisotopic (exact) mass is 432 g/mol. The van der Waals surface area contributed by atoms with E-state index >= 15 is 0 Å². The van der Waals surface area contributed by atoms with Crippen molar-refractivity contribution in [3.8, 4) is 6.07 Å². The number of nitriles is 1. The smallest absolute Gasteiger partial charge is 0.319 e. The lowest BCUT2D eigenvalue weighted by molar-refractivity contribution is 0.0713. The predicted molar refractivity (Wildman–Crippen MR) is 127 cm³/mol. The van der Waals surface area contributed by atoms with E-state index in [9.17, 15) is 9.59 Å². The van der Waals surface area contributed by atoms with Gasteiger partial charge in [-0.2, -0.15) is 5.26 Å². The third kappa shape index (κ3) is 5.67. The average Bonchev–Trinajstić information content (AvgIpc) is 2.83. The molecule has 0 aliphatic carbocycles. The van der Waals surface area contributed by atoms with Crippen molar-refractivity contribution in [3.63, 3.8) is 0 Å². The van der Waals surface area contributed by atoms with Crippen molar-refractivity contribution in [2.75, 3.05) is 18.4 Å². The van der Waals surface area contributed by atoms with E-state index in [0.29, 0.717) is 35.8 Å². The van der Waals surface area contributed by atoms with E-state index in [0.717, 1.165) is 31.2 Å². The quantitative estimate of drug-likeness (QED) is 0.658. The number of anilines is 1. The topological polar surface area (TPSA) is 85.2 Å². The number of nitrogens with zero attached hydrogens (tertiary/aromatic N) is 2. The van der Waals surface area contributed by atoms with E-state index in [4.69, 9.17) is 5.26 Å². The van der Waals surface area contributed by atoms with Crippen molar-refractivity contribution in [2.24, 2.45) is 0 Å². The number of carbonyl (C=O) groups excluding carboxylic acids is 2. The number of benzene rings is 2. The Kier molecular flexibility index (Phi) is 7.88. The summed E-state index contributed by atoms with van der Waals surface area (Å²) in [5.41, 5.74) is 4.05. The number of amides is 3. The first-order chi connectivity index (χ1) is 15.4. The molecular weight excluding hydrogens is 400 g/mol. The Balaban J connectivity index is 1.62. The first-order valence-corrected chi connectivity index (χ1v) is 11.4. The number of hydrogen-bond acceptors (Lipinski definition) is 3. The predicted octanol–water partition coefficient (Wildman–Crippen LogP) is 5.20. The molecule has 3 amide bonds. The fourth-order valence-electron chi connectivity index (χ4n) is 4.15. The van der Waals surface area contributed by atoms with E-state index in [1.165, 1.54) is 5.56 Å². The number of aryl methyl sites for hydroxylation is 1. The molecular formula is C26H32N4O2. The van der Waals surface area contributed by atoms with Gasteiger partial charge in [-0.25, -0.2) is 4.79 Å². The van der Waals surface area contributed by atoms with Gasteiger partial charge in [-0.1, -0.05) is 32.0 Å². The van der Waals surface area contributed by atoms with Crippen LogP contribution in [-0.2, 0) is 0 Å². The van der Waals surface area contributed by atoms with Crippen LogP contribution in [0.15, 0.2) is 42.5 Å². The molecule has 2 aromatic rings. The summed E-state index contributed by atoms with van der Waals surface area (Å²) in [6.45, 7) is 7.39. The molecule has 0 saturated carbocycles. The van der Waals surface area contributed by atoms with Gasteiger partial charge < -0.3 is 15.5 Å². The molecule has 3 rings (SSSR count). The number of carbonyl (C=O) groups is 2. The van der Waals surface area contributed by atoms with Crippen LogP contribution in [-0.4, -0.2) is 36.0 Å². The molecule has 6 heteroatoms. The Hall–Kier alpha value is -3.33. The van der Waals surface area contributed by atoms with Gasteiger partial charge in [-0.3, -0.25) is 4.79 Å². The summed E-state index contributed by atoms with van der Waals surface area (Å²) in [6, 6.07) is 15.3. The van der Waals surface area contributed by atoms with Gasteiger partial charge in [0.15, 0.2) is 0 Å². The second kappa shape index (κ2) is 10.8. The van der Waals surface area contributed by atoms with Crippen LogP contribution in [0.2, 0.25) is 0 Å². The SMILES string of the molecule is CCC(CC)NC(=O)Nc1cc(C(=O)N2CCC(c3ccc(C#N)cc3)CC2)ccc1C. The van der Waals surface area contributed by atoms with Crippen molar-refractivity contribution in [2.45, 2.75) is 58.4 Å². The third-order valence-corrected chi connectivity index (χ3v) is 6.35. The number of piperidine rings is 1. The average molecular weight is 433 g/mol. The van der Waals surface area contributed by atoms with Crippen molar-refractivity contribution in [1.29, 1.82) is 5.26 Å². The maximum Gasteiger partial charge on any atom is 0.319 e. The van der Waals surface area contributed by atoms with E-state index in [1.807, 2.05) is 62.1 Å². The van der Waals surface area contributed by atoms with Gasteiger partial charge in [0, 0.05) is 30.4 Å². The minimum Gasteiger partial charge on any atom is -0.339 e. The molecule has 0 radical (unpaired) electrons. The largest absolute Gasteiger partial charge is 0.339 e. The summed E-state index contributed by atoms with van der Waals surface area (Å²) in [7, 11) is 0. The van der Waals surface area contributed by atoms with Crippen LogP contribution >= 0.6 is 0 Å². The van der Waals surface area contributed by atoms with Gasteiger partial charge in [-0.15, -0.1) is 0 Å². The van der Waals surface area contributed by atoms with Crippen LogP contribution in [0.1, 0.15) is 72.5 Å². The van der Waals surface area contributed by atoms with E-state index in [1.54, 1.807) is 6.07 Å². The molecule has 0 atom stereocenters. The van der Waals surface area contributed by atoms with Crippen LogP contribution in [0.25, 0.3) is 0 Å². The number of hydrogen-bond donors (Lipinski definition) is 2. The fourth-order valence-corrected chi connectivity index (χ4v) is 4.15. The molecule has 168 valence electrons. The van der Waals surface area contributed by atoms with Gasteiger partial charge in [0.25, 0.3) is 5.91 Å². The molecule has 1 heterocycles. The molecule has 1 fully saturated rings. The fraction of sp³-hybridized carbons (Fsp3) is 0.423. The number of urea groups is 1. The molecule has 0 aromatic heterocycles. The molecule has 6 nitrogen and oxygen atoms in total. The maximum absolute atomic E-state index is 13.1. The lowest BCUT2D eigenvalue weighted by Gasteiger charge is -2.32. The number of nitrogens with one attached hydrogen (secondary N) is 2. The van der Waals surface area contributed by atoms with Gasteiger partial charge >= 0.3 is 6.03 Å². The summed E-state index contributed by atoms with van der Waals surface area (Å²) in [6.07, 6.45) is 3.54. The number of likely N-dealkylation sites (tertiary alicyclic amines) is 1. The molecule has 0 unspecified atom stereocenters. The van der Waals surface area contributed by atoms with Gasteiger partial charge in [0.2, 0.25) is 0 Å². The highest BCUT2D eigenvalue weighted by atomic mass is 16.2. The minimum absolute atomic E-state index is 0.00766. The molecule has 2 aromatic carbocycles. The van der Waals surface area contributed by atoms with E-state index in [-0.39, 0.29) is 18.0 Å². The Labute approximate surface area is 190 Å². The lowest BCUT2D eigenvalue weighted by Crippen LogP contribution is -2.38. The highest BCUT2D eigenvalue weighted by Crippen LogP contribution is 2.29. The minimum atomic E-state index is -0.241. The lowest BCUT2D eigenvalue weighted by atomic mass is 9.89. The highest BCUT2D eigenvalue weighted by Gasteiger charge is 2.25. The van der Waals surface area contributed by atoms with Gasteiger partial charge in [-0.05, 0) is 73.9 Å². The van der Waals surface area contributed by atoms with Gasteiger partial charge in [0.05, 0.1) is 11.6 Å². The third-order valence-electron chi connectivity index (χ3n) is 6.35. The summed E-state index contributed by atoms with van der Waals surface area (Å²) < 4.78 is 0. The van der Waals surface area contributed by atoms with Crippen molar-refractivity contribution in [1.82, 2.24) is 10.2 Å². The zero-order valence-corrected chi connectivity index (χ0v) is 19.1. The zero-order chi connectivity index (χ0) is 23.1. The highest BCUT2D eigenvalue weighted by molar-refractivity contribution is 5.97. The summed E-state index contributed by atoms with van der Waals surface area (Å²) in [5.74, 6) is 0.391. The first-order valence-electron chi connectivity index (χ1n) is 11.4. The van der Waals surface area contributed by atoms with E-state index in [2.05, 4.69) is 16.7 Å². The molecule has 0 bridgehead atoms. The summed E-state index contributed by atoms with van der Waals surface area (Å²) >= 11 is 0. The molecule has 1 saturated heterocycles. The summed E-state index contributed by atoms with van der Waals surface area (Å²) in [5, 5.41) is 14.8. The van der Waals surface area contributed by atoms with Gasteiger partial charge in [0.1, 0.15) is 0 Å². The summed E-state index contributed by atoms with van der Waals surface area (Å²) in [4.78, 5) is 27.3. The van der Waals surface area contributed by atoms with Crippen molar-refractivity contribution >= 4 is 17.6 Å². The van der Waals surface area contributed by atoms with Crippen molar-refractivity contribution in [3.05, 3.63) is 64.7 Å². The maximum atomic E-state index is 13.1. The van der Waals surface area contributed by atoms with Crippen LogP contribution in [0.4, 0.5) is 10.5 Å². The van der Waals surface area contributed by atoms with Crippen LogP contribution in [0, 0.1) is 18.3 Å². The normalized spacial score (nSPS) is 14.2. The van der Waals surface area contributed by atoms with Crippen LogP contribution < -0.4 is 10.6 Å². The Morgan fingerprint density at radius 1 is 1.09 bits per heavy atom. The Bertz CT molecular complexity index is 982. The standard InChI is InChI=1S/C26H32N4O2/c1-4-23(5-2)28-26(32)29-24-16-22(9-6-18(24)3)25(31)30-14-12-21(13-15-30)20-10-7-19(17-27)8-11-20/h6-11,16,21,23H,4-5,12-15H2,1-3H3,(H2,28,29,32). The van der Waals surface area contributed by atoms with Crippen molar-refractivity contribution < 1.29 is 9.59 Å². The molecule has 0 spiro atoms. The van der Waals surface area contributed by atoms with E-state index < -0.39 is 0 Å². The number of rotatable bonds is 6. The first kappa shape index (κ1) is 23.3. The second-order valence-corrected chi connectivity index (χ2v) is 8.44. The van der Waals surface area contributed by atoms with Crippen LogP contribution in [0.3, 0.4) is 0 Å². The molecule has 32 heavy (non-hydrogen) atoms. The second-order valence-electron chi connectivity index (χ2n) is 8.44. The van der Waals surface area contributed by atoms with Crippen LogP contribution in [0.5, 0.6) is 0 Å². The Morgan fingerprint density at radius 3 is 2.34 bits per heavy atom. The Morgan fingerprint density at radius 2 is 1.75 bits per heavy atom. The molecule has 2 N–H and O–H groups in total. The zero-order valence-electron chi connectivity index (χ0n) is 19.1.